The first kappa shape index (κ1) is 8.97. The minimum Gasteiger partial charge on any atom is -0.444 e. The first-order valence-corrected chi connectivity index (χ1v) is 4.36. The lowest BCUT2D eigenvalue weighted by molar-refractivity contribution is 0.574. The highest BCUT2D eigenvalue weighted by atomic mass is 16.3. The van der Waals surface area contributed by atoms with Gasteiger partial charge in [0.15, 0.2) is 0 Å². The largest absolute Gasteiger partial charge is 0.444 e. The van der Waals surface area contributed by atoms with Gasteiger partial charge in [0, 0.05) is 12.1 Å². The molecule has 2 rings (SSSR count). The van der Waals surface area contributed by atoms with E-state index in [-0.39, 0.29) is 0 Å². The molecule has 3 heteroatoms. The molecular formula is C11H11N2O. The fraction of sp³-hybridized carbons (Fsp3) is 0.0909. The van der Waals surface area contributed by atoms with Crippen LogP contribution in [0.5, 0.6) is 0 Å². The lowest BCUT2D eigenvalue weighted by Crippen LogP contribution is -1.95. The van der Waals surface area contributed by atoms with E-state index in [0.717, 1.165) is 11.1 Å². The molecule has 0 amide bonds. The summed E-state index contributed by atoms with van der Waals surface area (Å²) in [5.41, 5.74) is 8.17. The Balaban J connectivity index is 2.33. The van der Waals surface area contributed by atoms with Gasteiger partial charge in [0.1, 0.15) is 6.26 Å². The molecule has 1 heterocycles. The molecule has 2 N–H and O–H groups in total. The predicted octanol–water partition coefficient (Wildman–Crippen LogP) is 1.98. The molecule has 0 fully saturated rings. The summed E-state index contributed by atoms with van der Waals surface area (Å²) in [6.07, 6.45) is 1.53. The van der Waals surface area contributed by atoms with Crippen LogP contribution in [0.1, 0.15) is 11.3 Å². The van der Waals surface area contributed by atoms with Crippen molar-refractivity contribution in [2.75, 3.05) is 0 Å². The number of nitrogens with two attached hydrogens (primary N) is 1. The van der Waals surface area contributed by atoms with Gasteiger partial charge in [-0.3, -0.25) is 0 Å². The van der Waals surface area contributed by atoms with Gasteiger partial charge in [0.2, 0.25) is 5.89 Å². The summed E-state index contributed by atoms with van der Waals surface area (Å²) in [6.45, 7) is 4.22. The number of aromatic nitrogens is 1. The summed E-state index contributed by atoms with van der Waals surface area (Å²) in [5, 5.41) is 0. The lowest BCUT2D eigenvalue weighted by Gasteiger charge is -1.97. The lowest BCUT2D eigenvalue weighted by atomic mass is 10.1. The zero-order valence-corrected chi connectivity index (χ0v) is 7.73. The molecule has 1 radical (unpaired) electrons. The second-order valence-corrected chi connectivity index (χ2v) is 3.05. The minimum absolute atomic E-state index is 0.548. The molecule has 0 spiro atoms. The number of rotatable bonds is 2. The normalized spacial score (nSPS) is 10.4. The highest BCUT2D eigenvalue weighted by Crippen LogP contribution is 2.18. The Labute approximate surface area is 82.6 Å². The van der Waals surface area contributed by atoms with Crippen LogP contribution in [0.4, 0.5) is 0 Å². The minimum atomic E-state index is 0.548. The van der Waals surface area contributed by atoms with Crippen LogP contribution >= 0.6 is 0 Å². The van der Waals surface area contributed by atoms with Gasteiger partial charge in [0.05, 0.1) is 5.69 Å². The number of oxazole rings is 1. The number of benzene rings is 1. The van der Waals surface area contributed by atoms with E-state index in [0.29, 0.717) is 18.1 Å². The second kappa shape index (κ2) is 3.64. The molecule has 1 aromatic carbocycles. The summed E-state index contributed by atoms with van der Waals surface area (Å²) in [6, 6.07) is 7.80. The molecular weight excluding hydrogens is 176 g/mol. The summed E-state index contributed by atoms with van der Waals surface area (Å²) in [4.78, 5) is 4.13. The third-order valence-corrected chi connectivity index (χ3v) is 1.99. The highest BCUT2D eigenvalue weighted by Gasteiger charge is 2.03. The fourth-order valence-corrected chi connectivity index (χ4v) is 1.22. The third-order valence-electron chi connectivity index (χ3n) is 1.99. The maximum absolute atomic E-state index is 5.49. The first-order valence-electron chi connectivity index (χ1n) is 4.36. The number of hydrogen-bond donors (Lipinski definition) is 1. The van der Waals surface area contributed by atoms with E-state index in [2.05, 4.69) is 11.9 Å². The Morgan fingerprint density at radius 3 is 2.50 bits per heavy atom. The number of nitrogens with zero attached hydrogens (tertiary/aromatic N) is 1. The molecule has 2 aromatic rings. The van der Waals surface area contributed by atoms with E-state index in [1.54, 1.807) is 0 Å². The Morgan fingerprint density at radius 2 is 2.00 bits per heavy atom. The van der Waals surface area contributed by atoms with Crippen molar-refractivity contribution >= 4 is 0 Å². The van der Waals surface area contributed by atoms with E-state index in [4.69, 9.17) is 10.2 Å². The molecule has 14 heavy (non-hydrogen) atoms. The van der Waals surface area contributed by atoms with Gasteiger partial charge < -0.3 is 10.2 Å². The molecule has 0 atom stereocenters. The average molecular weight is 187 g/mol. The van der Waals surface area contributed by atoms with Crippen LogP contribution in [-0.4, -0.2) is 4.98 Å². The van der Waals surface area contributed by atoms with Crippen molar-refractivity contribution in [3.63, 3.8) is 0 Å². The van der Waals surface area contributed by atoms with Gasteiger partial charge >= 0.3 is 0 Å². The SMILES string of the molecule is [CH2]c1coc(-c2ccc(CN)cc2)n1. The van der Waals surface area contributed by atoms with Gasteiger partial charge in [-0.1, -0.05) is 12.1 Å². The Hall–Kier alpha value is -1.61. The maximum atomic E-state index is 5.49. The van der Waals surface area contributed by atoms with Crippen molar-refractivity contribution in [3.05, 3.63) is 48.7 Å². The first-order chi connectivity index (χ1) is 6.79. The van der Waals surface area contributed by atoms with E-state index >= 15 is 0 Å². The molecule has 0 aliphatic carbocycles. The fourth-order valence-electron chi connectivity index (χ4n) is 1.22. The van der Waals surface area contributed by atoms with Crippen molar-refractivity contribution in [2.45, 2.75) is 6.54 Å². The molecule has 3 nitrogen and oxygen atoms in total. The van der Waals surface area contributed by atoms with Gasteiger partial charge in [-0.15, -0.1) is 0 Å². The topological polar surface area (TPSA) is 52.0 Å². The van der Waals surface area contributed by atoms with Gasteiger partial charge in [-0.25, -0.2) is 4.98 Å². The van der Waals surface area contributed by atoms with Crippen LogP contribution in [-0.2, 0) is 6.54 Å². The van der Waals surface area contributed by atoms with Crippen LogP contribution in [0.25, 0.3) is 11.5 Å². The summed E-state index contributed by atoms with van der Waals surface area (Å²) >= 11 is 0. The van der Waals surface area contributed by atoms with Crippen LogP contribution in [0.2, 0.25) is 0 Å². The Kier molecular flexibility index (Phi) is 2.33. The standard InChI is InChI=1S/C11H11N2O/c1-8-7-14-11(13-8)10-4-2-9(6-12)3-5-10/h2-5,7H,1,6,12H2. The Bertz CT molecular complexity index is 417. The highest BCUT2D eigenvalue weighted by molar-refractivity contribution is 5.53. The number of hydrogen-bond acceptors (Lipinski definition) is 3. The molecule has 71 valence electrons. The van der Waals surface area contributed by atoms with Crippen molar-refractivity contribution in [1.82, 2.24) is 4.98 Å². The molecule has 0 bridgehead atoms. The average Bonchev–Trinajstić information content (AvgIpc) is 2.65. The Morgan fingerprint density at radius 1 is 1.29 bits per heavy atom. The van der Waals surface area contributed by atoms with E-state index in [1.807, 2.05) is 24.3 Å². The van der Waals surface area contributed by atoms with Crippen LogP contribution in [0.15, 0.2) is 34.9 Å². The molecule has 0 aliphatic rings. The second-order valence-electron chi connectivity index (χ2n) is 3.05. The summed E-state index contributed by atoms with van der Waals surface area (Å²) < 4.78 is 5.22. The van der Waals surface area contributed by atoms with Crippen LogP contribution in [0, 0.1) is 6.92 Å². The smallest absolute Gasteiger partial charge is 0.226 e. The van der Waals surface area contributed by atoms with Gasteiger partial charge in [0.25, 0.3) is 0 Å². The zero-order valence-electron chi connectivity index (χ0n) is 7.73. The molecule has 0 saturated carbocycles. The molecule has 0 aliphatic heterocycles. The predicted molar refractivity (Wildman–Crippen MR) is 54.3 cm³/mol. The van der Waals surface area contributed by atoms with Crippen molar-refractivity contribution in [2.24, 2.45) is 5.73 Å². The van der Waals surface area contributed by atoms with Crippen molar-refractivity contribution in [1.29, 1.82) is 0 Å². The monoisotopic (exact) mass is 187 g/mol. The quantitative estimate of drug-likeness (QED) is 0.782. The zero-order chi connectivity index (χ0) is 9.97. The van der Waals surface area contributed by atoms with E-state index < -0.39 is 0 Å². The molecule has 1 aromatic heterocycles. The van der Waals surface area contributed by atoms with Crippen LogP contribution in [0.3, 0.4) is 0 Å². The third kappa shape index (κ3) is 1.67. The van der Waals surface area contributed by atoms with E-state index in [1.165, 1.54) is 6.26 Å². The van der Waals surface area contributed by atoms with Crippen molar-refractivity contribution < 1.29 is 4.42 Å². The van der Waals surface area contributed by atoms with Gasteiger partial charge in [-0.05, 0) is 24.6 Å². The van der Waals surface area contributed by atoms with Crippen molar-refractivity contribution in [3.8, 4) is 11.5 Å². The molecule has 0 unspecified atom stereocenters. The summed E-state index contributed by atoms with van der Waals surface area (Å²) in [5.74, 6) is 0.596. The maximum Gasteiger partial charge on any atom is 0.226 e. The van der Waals surface area contributed by atoms with Crippen LogP contribution < -0.4 is 5.73 Å². The van der Waals surface area contributed by atoms with E-state index in [9.17, 15) is 0 Å². The van der Waals surface area contributed by atoms with Gasteiger partial charge in [-0.2, -0.15) is 0 Å². The molecule has 0 saturated heterocycles. The summed E-state index contributed by atoms with van der Waals surface area (Å²) in [7, 11) is 0.